The van der Waals surface area contributed by atoms with Gasteiger partial charge in [-0.1, -0.05) is 60.7 Å². The molecular formula is C25H31N3O4. The molecule has 3 unspecified atom stereocenters. The largest absolute Gasteiger partial charge is 0.378 e. The summed E-state index contributed by atoms with van der Waals surface area (Å²) in [5.41, 5.74) is 1.71. The number of carbonyl (C=O) groups excluding carboxylic acids is 2. The van der Waals surface area contributed by atoms with Crippen LogP contribution in [0.5, 0.6) is 0 Å². The van der Waals surface area contributed by atoms with Crippen molar-refractivity contribution in [3.63, 3.8) is 0 Å². The number of rotatable bonds is 7. The molecule has 2 aromatic rings. The van der Waals surface area contributed by atoms with E-state index in [1.54, 1.807) is 0 Å². The number of ether oxygens (including phenoxy) is 2. The van der Waals surface area contributed by atoms with Crippen LogP contribution >= 0.6 is 0 Å². The molecule has 0 aliphatic carbocycles. The van der Waals surface area contributed by atoms with Gasteiger partial charge < -0.3 is 25.4 Å². The summed E-state index contributed by atoms with van der Waals surface area (Å²) in [6.07, 6.45) is 2.74. The Kier molecular flexibility index (Phi) is 7.39. The first-order valence-electron chi connectivity index (χ1n) is 11.3. The zero-order valence-electron chi connectivity index (χ0n) is 18.2. The molecule has 2 aliphatic rings. The van der Waals surface area contributed by atoms with Crippen LogP contribution in [-0.4, -0.2) is 49.4 Å². The van der Waals surface area contributed by atoms with Gasteiger partial charge in [-0.05, 0) is 24.0 Å². The van der Waals surface area contributed by atoms with Crippen molar-refractivity contribution in [3.05, 3.63) is 71.8 Å². The number of amides is 3. The fourth-order valence-electron chi connectivity index (χ4n) is 4.37. The van der Waals surface area contributed by atoms with Crippen LogP contribution in [0.2, 0.25) is 0 Å². The van der Waals surface area contributed by atoms with Gasteiger partial charge in [-0.2, -0.15) is 0 Å². The third-order valence-electron chi connectivity index (χ3n) is 6.11. The van der Waals surface area contributed by atoms with Gasteiger partial charge in [0.2, 0.25) is 5.91 Å². The summed E-state index contributed by atoms with van der Waals surface area (Å²) >= 11 is 0. The van der Waals surface area contributed by atoms with E-state index in [-0.39, 0.29) is 23.6 Å². The molecule has 3 atom stereocenters. The molecule has 2 aliphatic heterocycles. The molecule has 2 saturated heterocycles. The van der Waals surface area contributed by atoms with Gasteiger partial charge in [0, 0.05) is 38.6 Å². The summed E-state index contributed by atoms with van der Waals surface area (Å²) in [5, 5.41) is 8.89. The smallest absolute Gasteiger partial charge is 0.315 e. The molecule has 0 bridgehead atoms. The van der Waals surface area contributed by atoms with E-state index in [2.05, 4.69) is 16.0 Å². The average molecular weight is 438 g/mol. The number of nitrogens with one attached hydrogen (secondary N) is 3. The van der Waals surface area contributed by atoms with Crippen LogP contribution in [0.15, 0.2) is 60.7 Å². The van der Waals surface area contributed by atoms with E-state index in [9.17, 15) is 9.59 Å². The number of urea groups is 1. The predicted molar refractivity (Wildman–Crippen MR) is 121 cm³/mol. The summed E-state index contributed by atoms with van der Waals surface area (Å²) in [4.78, 5) is 25.8. The number of benzene rings is 2. The Bertz CT molecular complexity index is 885. The Morgan fingerprint density at radius 2 is 1.72 bits per heavy atom. The van der Waals surface area contributed by atoms with Crippen molar-refractivity contribution >= 4 is 11.9 Å². The van der Waals surface area contributed by atoms with Crippen LogP contribution in [-0.2, 0) is 27.2 Å². The van der Waals surface area contributed by atoms with Gasteiger partial charge in [-0.15, -0.1) is 0 Å². The van der Waals surface area contributed by atoms with Crippen LogP contribution in [0.4, 0.5) is 4.79 Å². The first kappa shape index (κ1) is 22.3. The molecule has 0 saturated carbocycles. The third kappa shape index (κ3) is 6.08. The lowest BCUT2D eigenvalue weighted by molar-refractivity contribution is -0.123. The van der Waals surface area contributed by atoms with Crippen molar-refractivity contribution < 1.29 is 19.1 Å². The molecule has 3 N–H and O–H groups in total. The predicted octanol–water partition coefficient (Wildman–Crippen LogP) is 2.55. The number of carbonyl (C=O) groups is 2. The maximum absolute atomic E-state index is 13.0. The van der Waals surface area contributed by atoms with E-state index < -0.39 is 6.04 Å². The van der Waals surface area contributed by atoms with Gasteiger partial charge in [-0.3, -0.25) is 4.79 Å². The van der Waals surface area contributed by atoms with Gasteiger partial charge in [0.05, 0.1) is 12.2 Å². The molecule has 2 aromatic carbocycles. The van der Waals surface area contributed by atoms with Gasteiger partial charge >= 0.3 is 6.03 Å². The summed E-state index contributed by atoms with van der Waals surface area (Å²) in [6, 6.07) is 18.4. The summed E-state index contributed by atoms with van der Waals surface area (Å²) in [6.45, 7) is 2.28. The Labute approximate surface area is 188 Å². The Morgan fingerprint density at radius 1 is 1.00 bits per heavy atom. The second-order valence-electron chi connectivity index (χ2n) is 8.59. The van der Waals surface area contributed by atoms with E-state index in [1.807, 2.05) is 60.7 Å². The molecule has 7 heteroatoms. The molecule has 7 nitrogen and oxygen atoms in total. The van der Waals surface area contributed by atoms with E-state index in [0.717, 1.165) is 30.4 Å². The van der Waals surface area contributed by atoms with Crippen LogP contribution in [0, 0.1) is 0 Å². The van der Waals surface area contributed by atoms with Crippen molar-refractivity contribution in [2.45, 2.75) is 49.9 Å². The first-order valence-corrected chi connectivity index (χ1v) is 11.3. The molecule has 3 amide bonds. The van der Waals surface area contributed by atoms with Crippen molar-refractivity contribution in [3.8, 4) is 0 Å². The molecule has 2 fully saturated rings. The third-order valence-corrected chi connectivity index (χ3v) is 6.11. The molecule has 32 heavy (non-hydrogen) atoms. The van der Waals surface area contributed by atoms with Gasteiger partial charge in [0.1, 0.15) is 6.04 Å². The SMILES string of the molecule is O=C(NC1CCOC2(CCOC2)C1)NC(Cc1ccccc1)C(=O)NCc1ccccc1. The quantitative estimate of drug-likeness (QED) is 0.621. The van der Waals surface area contributed by atoms with Gasteiger partial charge in [0.15, 0.2) is 0 Å². The van der Waals surface area contributed by atoms with Crippen molar-refractivity contribution in [2.75, 3.05) is 19.8 Å². The molecule has 170 valence electrons. The molecule has 0 aromatic heterocycles. The molecule has 2 heterocycles. The van der Waals surface area contributed by atoms with Crippen molar-refractivity contribution in [1.29, 1.82) is 0 Å². The maximum atomic E-state index is 13.0. The molecular weight excluding hydrogens is 406 g/mol. The normalized spacial score (nSPS) is 23.4. The fourth-order valence-corrected chi connectivity index (χ4v) is 4.37. The lowest BCUT2D eigenvalue weighted by Crippen LogP contribution is -2.55. The van der Waals surface area contributed by atoms with Gasteiger partial charge in [0.25, 0.3) is 0 Å². The first-order chi connectivity index (χ1) is 15.6. The average Bonchev–Trinajstić information content (AvgIpc) is 3.25. The zero-order chi connectivity index (χ0) is 22.2. The van der Waals surface area contributed by atoms with Crippen LogP contribution < -0.4 is 16.0 Å². The summed E-state index contributed by atoms with van der Waals surface area (Å²) in [7, 11) is 0. The zero-order valence-corrected chi connectivity index (χ0v) is 18.2. The second kappa shape index (κ2) is 10.6. The summed E-state index contributed by atoms with van der Waals surface area (Å²) in [5.74, 6) is -0.208. The van der Waals surface area contributed by atoms with Crippen LogP contribution in [0.25, 0.3) is 0 Å². The summed E-state index contributed by atoms with van der Waals surface area (Å²) < 4.78 is 11.5. The van der Waals surface area contributed by atoms with E-state index in [1.165, 1.54) is 0 Å². The van der Waals surface area contributed by atoms with Gasteiger partial charge in [-0.25, -0.2) is 4.79 Å². The fraction of sp³-hybridized carbons (Fsp3) is 0.440. The van der Waals surface area contributed by atoms with E-state index in [4.69, 9.17) is 9.47 Å². The minimum absolute atomic E-state index is 0.00444. The highest BCUT2D eigenvalue weighted by Gasteiger charge is 2.41. The molecule has 1 spiro atoms. The van der Waals surface area contributed by atoms with Crippen LogP contribution in [0.1, 0.15) is 30.4 Å². The number of hydrogen-bond donors (Lipinski definition) is 3. The lowest BCUT2D eigenvalue weighted by Gasteiger charge is -2.37. The highest BCUT2D eigenvalue weighted by atomic mass is 16.6. The molecule has 0 radical (unpaired) electrons. The van der Waals surface area contributed by atoms with Crippen molar-refractivity contribution in [2.24, 2.45) is 0 Å². The van der Waals surface area contributed by atoms with Crippen LogP contribution in [0.3, 0.4) is 0 Å². The highest BCUT2D eigenvalue weighted by molar-refractivity contribution is 5.87. The van der Waals surface area contributed by atoms with Crippen molar-refractivity contribution in [1.82, 2.24) is 16.0 Å². The molecule has 4 rings (SSSR count). The Hall–Kier alpha value is -2.90. The number of hydrogen-bond acceptors (Lipinski definition) is 4. The standard InChI is InChI=1S/C25H31N3O4/c29-23(26-17-20-9-5-2-6-10-20)22(15-19-7-3-1-4-8-19)28-24(30)27-21-11-13-32-25(16-21)12-14-31-18-25/h1-10,21-22H,11-18H2,(H,26,29)(H2,27,28,30). The van der Waals surface area contributed by atoms with E-state index >= 15 is 0 Å². The van der Waals surface area contributed by atoms with E-state index in [0.29, 0.717) is 32.8 Å². The minimum Gasteiger partial charge on any atom is -0.378 e. The maximum Gasteiger partial charge on any atom is 0.315 e. The lowest BCUT2D eigenvalue weighted by atomic mass is 9.90. The Morgan fingerprint density at radius 3 is 2.41 bits per heavy atom. The minimum atomic E-state index is -0.676. The second-order valence-corrected chi connectivity index (χ2v) is 8.59. The topological polar surface area (TPSA) is 88.7 Å². The Balaban J connectivity index is 1.36. The monoisotopic (exact) mass is 437 g/mol. The highest BCUT2D eigenvalue weighted by Crippen LogP contribution is 2.32.